The summed E-state index contributed by atoms with van der Waals surface area (Å²) >= 11 is 4.17. The molecule has 0 fully saturated rings. The van der Waals surface area contributed by atoms with Crippen LogP contribution in [-0.4, -0.2) is 15.1 Å². The molecule has 0 aromatic heterocycles. The molecule has 20 heavy (non-hydrogen) atoms. The van der Waals surface area contributed by atoms with Crippen molar-refractivity contribution in [3.05, 3.63) is 28.8 Å². The van der Waals surface area contributed by atoms with Gasteiger partial charge in [-0.25, -0.2) is 0 Å². The van der Waals surface area contributed by atoms with Gasteiger partial charge in [0.05, 0.1) is 0 Å². The van der Waals surface area contributed by atoms with Gasteiger partial charge in [-0.1, -0.05) is 37.4 Å². The Balaban J connectivity index is 0.00000361. The molecule has 0 saturated heterocycles. The van der Waals surface area contributed by atoms with E-state index in [9.17, 15) is 12.9 Å². The van der Waals surface area contributed by atoms with Crippen molar-refractivity contribution >= 4 is 27.7 Å². The molecule has 0 aliphatic rings. The van der Waals surface area contributed by atoms with E-state index in [1.165, 1.54) is 6.07 Å². The average Bonchev–Trinajstić information content (AvgIpc) is 2.17. The van der Waals surface area contributed by atoms with E-state index in [4.69, 9.17) is 0 Å². The summed E-state index contributed by atoms with van der Waals surface area (Å²) in [6, 6.07) is 3.21. The van der Waals surface area contributed by atoms with Gasteiger partial charge in [-0.3, -0.25) is 0 Å². The minimum absolute atomic E-state index is 0. The van der Waals surface area contributed by atoms with Crippen molar-refractivity contribution in [3.63, 3.8) is 0 Å². The maximum absolute atomic E-state index is 12.6. The van der Waals surface area contributed by atoms with Crippen LogP contribution in [0.2, 0.25) is 19.6 Å². The maximum Gasteiger partial charge on any atom is 1.00 e. The molecule has 0 aliphatic carbocycles. The number of rotatable bonds is 2. The Labute approximate surface area is 168 Å². The molecule has 1 aromatic rings. The molecule has 1 aromatic carbocycles. The second-order valence-electron chi connectivity index (χ2n) is 5.69. The van der Waals surface area contributed by atoms with E-state index in [1.54, 1.807) is 13.0 Å². The zero-order valence-corrected chi connectivity index (χ0v) is 17.5. The third-order valence-corrected chi connectivity index (χ3v) is 3.66. The molecule has 0 radical (unpaired) electrons. The quantitative estimate of drug-likeness (QED) is 0.470. The average molecular weight is 340 g/mol. The molecule has 0 nitrogen and oxygen atoms in total. The standard InChI is InChI=1S/C13H17BF3SSi.K/c1-10-11(5-6-19(2,3)4)7-13(18)8-12(10)9-14(15,16)17;/h7-8,18H,9H2,1-4H3;/q-1;+1. The van der Waals surface area contributed by atoms with E-state index in [1.807, 2.05) is 0 Å². The maximum atomic E-state index is 12.6. The van der Waals surface area contributed by atoms with Crippen LogP contribution in [0.1, 0.15) is 16.7 Å². The second-order valence-corrected chi connectivity index (χ2v) is 11.0. The Bertz CT molecular complexity index is 542. The molecule has 0 spiro atoms. The zero-order valence-electron chi connectivity index (χ0n) is 12.5. The molecule has 0 heterocycles. The summed E-state index contributed by atoms with van der Waals surface area (Å²) in [6.07, 6.45) is -0.873. The molecule has 0 saturated carbocycles. The van der Waals surface area contributed by atoms with Gasteiger partial charge in [0.1, 0.15) is 8.07 Å². The van der Waals surface area contributed by atoms with E-state index in [2.05, 4.69) is 43.7 Å². The van der Waals surface area contributed by atoms with Crippen molar-refractivity contribution in [2.45, 2.75) is 37.8 Å². The number of hydrogen-bond acceptors (Lipinski definition) is 1. The molecule has 0 bridgehead atoms. The smallest absolute Gasteiger partial charge is 0.449 e. The van der Waals surface area contributed by atoms with Gasteiger partial charge < -0.3 is 12.9 Å². The van der Waals surface area contributed by atoms with E-state index in [0.29, 0.717) is 16.0 Å². The Morgan fingerprint density at radius 1 is 1.20 bits per heavy atom. The van der Waals surface area contributed by atoms with Crippen molar-refractivity contribution in [1.29, 1.82) is 0 Å². The normalized spacial score (nSPS) is 11.4. The monoisotopic (exact) mass is 340 g/mol. The van der Waals surface area contributed by atoms with Gasteiger partial charge in [-0.05, 0) is 24.6 Å². The van der Waals surface area contributed by atoms with Gasteiger partial charge in [0, 0.05) is 10.5 Å². The fourth-order valence-corrected chi connectivity index (χ4v) is 2.40. The number of halogens is 3. The molecule has 1 rings (SSSR count). The van der Waals surface area contributed by atoms with Crippen molar-refractivity contribution in [3.8, 4) is 11.5 Å². The summed E-state index contributed by atoms with van der Waals surface area (Å²) in [5, 5.41) is 0. The fraction of sp³-hybridized carbons (Fsp3) is 0.385. The van der Waals surface area contributed by atoms with E-state index in [-0.39, 0.29) is 56.9 Å². The van der Waals surface area contributed by atoms with Crippen LogP contribution in [0.4, 0.5) is 12.9 Å². The Morgan fingerprint density at radius 3 is 2.20 bits per heavy atom. The Hall–Kier alpha value is 0.838. The van der Waals surface area contributed by atoms with Crippen LogP contribution in [-0.2, 0) is 6.32 Å². The number of hydrogen-bond donors (Lipinski definition) is 1. The molecule has 7 heteroatoms. The minimum Gasteiger partial charge on any atom is -0.449 e. The SMILES string of the molecule is Cc1c(C#C[Si](C)(C)C)cc(S)cc1C[B-](F)(F)F.[K+]. The van der Waals surface area contributed by atoms with Gasteiger partial charge in [0.2, 0.25) is 0 Å². The molecule has 0 unspecified atom stereocenters. The van der Waals surface area contributed by atoms with Crippen LogP contribution < -0.4 is 51.4 Å². The first kappa shape index (κ1) is 20.8. The third-order valence-electron chi connectivity index (χ3n) is 2.52. The van der Waals surface area contributed by atoms with Crippen LogP contribution in [0.3, 0.4) is 0 Å². The largest absolute Gasteiger partial charge is 1.00 e. The third kappa shape index (κ3) is 7.73. The van der Waals surface area contributed by atoms with Gasteiger partial charge in [-0.15, -0.1) is 18.2 Å². The number of benzene rings is 1. The summed E-state index contributed by atoms with van der Waals surface area (Å²) in [6.45, 7) is 3.14. The van der Waals surface area contributed by atoms with Crippen LogP contribution >= 0.6 is 12.6 Å². The summed E-state index contributed by atoms with van der Waals surface area (Å²) in [5.74, 6) is 3.02. The van der Waals surface area contributed by atoms with E-state index < -0.39 is 21.4 Å². The van der Waals surface area contributed by atoms with Crippen molar-refractivity contribution in [2.75, 3.05) is 0 Å². The first-order valence-corrected chi connectivity index (χ1v) is 9.99. The topological polar surface area (TPSA) is 0 Å². The van der Waals surface area contributed by atoms with Crippen molar-refractivity contribution < 1.29 is 64.3 Å². The van der Waals surface area contributed by atoms with Crippen LogP contribution in [0.15, 0.2) is 17.0 Å². The number of thiol groups is 1. The van der Waals surface area contributed by atoms with Gasteiger partial charge >= 0.3 is 58.4 Å². The predicted octanol–water partition coefficient (Wildman–Crippen LogP) is 1.45. The zero-order chi connectivity index (χ0) is 14.8. The first-order valence-electron chi connectivity index (χ1n) is 6.04. The molecular weight excluding hydrogens is 323 g/mol. The van der Waals surface area contributed by atoms with E-state index >= 15 is 0 Å². The van der Waals surface area contributed by atoms with Crippen LogP contribution in [0, 0.1) is 18.4 Å². The molecule has 0 aliphatic heterocycles. The molecule has 0 atom stereocenters. The second kappa shape index (κ2) is 7.91. The van der Waals surface area contributed by atoms with Crippen LogP contribution in [0.5, 0.6) is 0 Å². The van der Waals surface area contributed by atoms with Gasteiger partial charge in [-0.2, -0.15) is 0 Å². The molecular formula is C13H17BF3KSSi. The summed E-state index contributed by atoms with van der Waals surface area (Å²) in [7, 11) is -1.55. The summed E-state index contributed by atoms with van der Waals surface area (Å²) < 4.78 is 37.7. The summed E-state index contributed by atoms with van der Waals surface area (Å²) in [5.41, 5.74) is 4.72. The van der Waals surface area contributed by atoms with Crippen molar-refractivity contribution in [1.82, 2.24) is 0 Å². The van der Waals surface area contributed by atoms with E-state index in [0.717, 1.165) is 0 Å². The minimum atomic E-state index is -4.84. The predicted molar refractivity (Wildman–Crippen MR) is 81.4 cm³/mol. The first-order chi connectivity index (χ1) is 8.48. The fourth-order valence-electron chi connectivity index (χ4n) is 1.60. The molecule has 104 valence electrons. The molecule has 0 amide bonds. The van der Waals surface area contributed by atoms with Gasteiger partial charge in [0.25, 0.3) is 0 Å². The Morgan fingerprint density at radius 2 is 1.75 bits per heavy atom. The van der Waals surface area contributed by atoms with Gasteiger partial charge in [0.15, 0.2) is 0 Å². The molecule has 0 N–H and O–H groups in total. The Kier molecular flexibility index (Phi) is 8.24. The van der Waals surface area contributed by atoms with Crippen LogP contribution in [0.25, 0.3) is 0 Å². The van der Waals surface area contributed by atoms with Crippen molar-refractivity contribution in [2.24, 2.45) is 0 Å². The summed E-state index contributed by atoms with van der Waals surface area (Å²) in [4.78, 5) is 0.528.